The van der Waals surface area contributed by atoms with Crippen LogP contribution in [-0.4, -0.2) is 22.6 Å². The highest BCUT2D eigenvalue weighted by molar-refractivity contribution is 6.02. The predicted molar refractivity (Wildman–Crippen MR) is 123 cm³/mol. The lowest BCUT2D eigenvalue weighted by Gasteiger charge is -2.41. The average molecular weight is 419 g/mol. The molecule has 0 aliphatic heterocycles. The van der Waals surface area contributed by atoms with E-state index in [1.54, 1.807) is 18.2 Å². The van der Waals surface area contributed by atoms with Gasteiger partial charge in [0, 0.05) is 0 Å². The molecule has 0 radical (unpaired) electrons. The summed E-state index contributed by atoms with van der Waals surface area (Å²) in [4.78, 5) is 24.9. The van der Waals surface area contributed by atoms with Crippen LogP contribution in [0.15, 0.2) is 24.3 Å². The normalized spacial score (nSPS) is 11.6. The third kappa shape index (κ3) is 7.77. The number of carbonyl (C=O) groups is 2. The van der Waals surface area contributed by atoms with Crippen molar-refractivity contribution in [2.45, 2.75) is 110 Å². The van der Waals surface area contributed by atoms with Gasteiger partial charge in [0.2, 0.25) is 0 Å². The van der Waals surface area contributed by atoms with Crippen LogP contribution >= 0.6 is 0 Å². The second kappa shape index (κ2) is 14.2. The lowest BCUT2D eigenvalue weighted by atomic mass is 9.74. The van der Waals surface area contributed by atoms with Gasteiger partial charge in [-0.05, 0) is 56.6 Å². The second-order valence-electron chi connectivity index (χ2n) is 8.49. The van der Waals surface area contributed by atoms with Crippen LogP contribution in [0, 0.1) is 5.92 Å². The lowest BCUT2D eigenvalue weighted by Crippen LogP contribution is -2.43. The van der Waals surface area contributed by atoms with E-state index in [1.807, 2.05) is 0 Å². The van der Waals surface area contributed by atoms with Crippen molar-refractivity contribution in [3.05, 3.63) is 35.4 Å². The number of rotatable bonds is 16. The zero-order valence-corrected chi connectivity index (χ0v) is 19.5. The minimum absolute atomic E-state index is 0.0149. The fourth-order valence-corrected chi connectivity index (χ4v) is 4.33. The molecular weight excluding hydrogens is 376 g/mol. The van der Waals surface area contributed by atoms with E-state index in [9.17, 15) is 14.7 Å². The molecule has 0 heterocycles. The van der Waals surface area contributed by atoms with Gasteiger partial charge in [0.15, 0.2) is 0 Å². The number of benzene rings is 1. The van der Waals surface area contributed by atoms with Crippen LogP contribution in [0.3, 0.4) is 0 Å². The Balaban J connectivity index is 3.33. The first kappa shape index (κ1) is 26.2. The summed E-state index contributed by atoms with van der Waals surface area (Å²) in [6.45, 7) is 8.73. The number of carboxylic acids is 1. The number of unbranched alkanes of at least 4 members (excludes halogenated alkanes) is 4. The summed E-state index contributed by atoms with van der Waals surface area (Å²) in [5.74, 6) is -1.27. The van der Waals surface area contributed by atoms with Crippen LogP contribution < -0.4 is 0 Å². The van der Waals surface area contributed by atoms with Crippen LogP contribution in [0.2, 0.25) is 0 Å². The summed E-state index contributed by atoms with van der Waals surface area (Å²) in [5.41, 5.74) is -0.341. The highest BCUT2D eigenvalue weighted by Gasteiger charge is 2.41. The summed E-state index contributed by atoms with van der Waals surface area (Å²) in [6.07, 6.45) is 12.4. The fraction of sp³-hybridized carbons (Fsp3) is 0.692. The van der Waals surface area contributed by atoms with E-state index in [0.717, 1.165) is 77.0 Å². The predicted octanol–water partition coefficient (Wildman–Crippen LogP) is 7.66. The van der Waals surface area contributed by atoms with Crippen molar-refractivity contribution in [2.24, 2.45) is 5.92 Å². The highest BCUT2D eigenvalue weighted by atomic mass is 16.6. The van der Waals surface area contributed by atoms with Gasteiger partial charge in [-0.25, -0.2) is 9.59 Å². The largest absolute Gasteiger partial charge is 0.478 e. The van der Waals surface area contributed by atoms with Crippen LogP contribution in [0.25, 0.3) is 0 Å². The number of hydrogen-bond donors (Lipinski definition) is 1. The molecule has 1 rings (SSSR count). The average Bonchev–Trinajstić information content (AvgIpc) is 2.75. The van der Waals surface area contributed by atoms with E-state index >= 15 is 0 Å². The van der Waals surface area contributed by atoms with Gasteiger partial charge in [0.05, 0.1) is 11.1 Å². The topological polar surface area (TPSA) is 63.6 Å². The van der Waals surface area contributed by atoms with Crippen LogP contribution in [0.1, 0.15) is 125 Å². The standard InChI is InChI=1S/C26H42O4/c1-5-9-15-21(16-10-6-2)26(19-11-7-3,20-12-8-4)30-25(29)23-18-14-13-17-22(23)24(27)28/h13-14,17-18,21H,5-12,15-16,19-20H2,1-4H3,(H,27,28). The Kier molecular flexibility index (Phi) is 12.4. The number of ether oxygens (including phenoxy) is 1. The Labute approximate surface area is 183 Å². The van der Waals surface area contributed by atoms with Crippen molar-refractivity contribution in [2.75, 3.05) is 0 Å². The molecule has 0 aromatic heterocycles. The maximum atomic E-state index is 13.3. The van der Waals surface area contributed by atoms with Gasteiger partial charge in [-0.15, -0.1) is 0 Å². The first-order chi connectivity index (χ1) is 14.5. The van der Waals surface area contributed by atoms with Crippen LogP contribution in [0.5, 0.6) is 0 Å². The van der Waals surface area contributed by atoms with E-state index in [-0.39, 0.29) is 11.1 Å². The van der Waals surface area contributed by atoms with E-state index in [1.165, 1.54) is 6.07 Å². The van der Waals surface area contributed by atoms with Crippen molar-refractivity contribution in [1.29, 1.82) is 0 Å². The molecule has 0 amide bonds. The monoisotopic (exact) mass is 418 g/mol. The smallest absolute Gasteiger partial charge is 0.339 e. The van der Waals surface area contributed by atoms with Crippen molar-refractivity contribution >= 4 is 11.9 Å². The number of carbonyl (C=O) groups excluding carboxylic acids is 1. The van der Waals surface area contributed by atoms with Crippen LogP contribution in [-0.2, 0) is 4.74 Å². The lowest BCUT2D eigenvalue weighted by molar-refractivity contribution is -0.0698. The van der Waals surface area contributed by atoms with Crippen molar-refractivity contribution in [3.8, 4) is 0 Å². The highest BCUT2D eigenvalue weighted by Crippen LogP contribution is 2.40. The van der Waals surface area contributed by atoms with Gasteiger partial charge in [-0.3, -0.25) is 0 Å². The minimum Gasteiger partial charge on any atom is -0.478 e. The third-order valence-electron chi connectivity index (χ3n) is 6.14. The molecule has 4 nitrogen and oxygen atoms in total. The first-order valence-corrected chi connectivity index (χ1v) is 12.0. The maximum Gasteiger partial charge on any atom is 0.339 e. The molecule has 170 valence electrons. The van der Waals surface area contributed by atoms with Crippen molar-refractivity contribution in [1.82, 2.24) is 0 Å². The molecule has 1 N–H and O–H groups in total. The summed E-state index contributed by atoms with van der Waals surface area (Å²) in [7, 11) is 0. The number of esters is 1. The zero-order valence-electron chi connectivity index (χ0n) is 19.5. The van der Waals surface area contributed by atoms with Gasteiger partial charge in [0.1, 0.15) is 5.60 Å². The quantitative estimate of drug-likeness (QED) is 0.280. The Morgan fingerprint density at radius 2 is 1.30 bits per heavy atom. The molecule has 0 bridgehead atoms. The Morgan fingerprint density at radius 3 is 1.73 bits per heavy atom. The Hall–Kier alpha value is -1.84. The summed E-state index contributed by atoms with van der Waals surface area (Å²) >= 11 is 0. The molecule has 30 heavy (non-hydrogen) atoms. The van der Waals surface area contributed by atoms with Crippen LogP contribution in [0.4, 0.5) is 0 Å². The van der Waals surface area contributed by atoms with Gasteiger partial charge >= 0.3 is 11.9 Å². The molecule has 0 atom stereocenters. The maximum absolute atomic E-state index is 13.3. The SMILES string of the molecule is CCCCC(CCCC)C(CCCC)(CCCC)OC(=O)c1ccccc1C(=O)O. The van der Waals surface area contributed by atoms with E-state index in [2.05, 4.69) is 27.7 Å². The van der Waals surface area contributed by atoms with Gasteiger partial charge in [0.25, 0.3) is 0 Å². The molecule has 1 aromatic rings. The number of aromatic carboxylic acids is 1. The second-order valence-corrected chi connectivity index (χ2v) is 8.49. The van der Waals surface area contributed by atoms with Crippen molar-refractivity contribution < 1.29 is 19.4 Å². The molecule has 0 fully saturated rings. The first-order valence-electron chi connectivity index (χ1n) is 12.0. The van der Waals surface area contributed by atoms with Crippen molar-refractivity contribution in [3.63, 3.8) is 0 Å². The number of carboxylic acid groups (broad SMARTS) is 1. The summed E-state index contributed by atoms with van der Waals surface area (Å²) in [5, 5.41) is 9.53. The molecule has 0 saturated carbocycles. The Morgan fingerprint density at radius 1 is 0.833 bits per heavy atom. The molecule has 4 heteroatoms. The molecule has 0 unspecified atom stereocenters. The molecular formula is C26H42O4. The number of hydrogen-bond acceptors (Lipinski definition) is 3. The fourth-order valence-electron chi connectivity index (χ4n) is 4.33. The third-order valence-corrected chi connectivity index (χ3v) is 6.14. The molecule has 0 spiro atoms. The molecule has 0 aliphatic rings. The summed E-state index contributed by atoms with van der Waals surface area (Å²) in [6, 6.07) is 6.40. The van der Waals surface area contributed by atoms with E-state index in [4.69, 9.17) is 4.74 Å². The molecule has 0 aliphatic carbocycles. The van der Waals surface area contributed by atoms with Gasteiger partial charge in [-0.1, -0.05) is 78.4 Å². The van der Waals surface area contributed by atoms with E-state index < -0.39 is 17.5 Å². The summed E-state index contributed by atoms with van der Waals surface area (Å²) < 4.78 is 6.37. The Bertz CT molecular complexity index is 622. The minimum atomic E-state index is -1.09. The zero-order chi connectivity index (χ0) is 22.4. The van der Waals surface area contributed by atoms with E-state index in [0.29, 0.717) is 5.92 Å². The molecule has 1 aromatic carbocycles. The van der Waals surface area contributed by atoms with Gasteiger partial charge < -0.3 is 9.84 Å². The van der Waals surface area contributed by atoms with Gasteiger partial charge in [-0.2, -0.15) is 0 Å². The molecule has 0 saturated heterocycles.